The Morgan fingerprint density at radius 3 is 2.56 bits per heavy atom. The highest BCUT2D eigenvalue weighted by Gasteiger charge is 2.06. The first-order valence-corrected chi connectivity index (χ1v) is 5.31. The second-order valence-electron chi connectivity index (χ2n) is 3.57. The number of carbonyl (C=O) groups excluding carboxylic acids is 1. The van der Waals surface area contributed by atoms with Crippen LogP contribution in [-0.2, 0) is 4.79 Å². The van der Waals surface area contributed by atoms with Crippen molar-refractivity contribution in [2.75, 3.05) is 6.54 Å². The number of hydrogen-bond donors (Lipinski definition) is 2. The summed E-state index contributed by atoms with van der Waals surface area (Å²) in [6.07, 6.45) is 1.44. The minimum Gasteiger partial charge on any atom is -0.354 e. The van der Waals surface area contributed by atoms with Crippen molar-refractivity contribution in [2.24, 2.45) is 5.73 Å². The fourth-order valence-electron chi connectivity index (χ4n) is 1.36. The van der Waals surface area contributed by atoms with Crippen molar-refractivity contribution in [2.45, 2.75) is 25.8 Å². The average Bonchev–Trinajstić information content (AvgIpc) is 2.27. The number of amides is 1. The van der Waals surface area contributed by atoms with Gasteiger partial charge in [0.15, 0.2) is 0 Å². The van der Waals surface area contributed by atoms with E-state index in [9.17, 15) is 4.79 Å². The maximum atomic E-state index is 11.2. The molecular formula is C12H19ClN2O. The molecule has 1 unspecified atom stereocenters. The second kappa shape index (κ2) is 8.13. The van der Waals surface area contributed by atoms with Gasteiger partial charge >= 0.3 is 0 Å². The maximum Gasteiger partial charge on any atom is 0.220 e. The smallest absolute Gasteiger partial charge is 0.220 e. The summed E-state index contributed by atoms with van der Waals surface area (Å²) in [5.41, 5.74) is 6.98. The SMILES string of the molecule is CCCC(=O)NCC(N)c1ccccc1.Cl. The lowest BCUT2D eigenvalue weighted by Crippen LogP contribution is -2.31. The zero-order chi connectivity index (χ0) is 11.1. The lowest BCUT2D eigenvalue weighted by Gasteiger charge is -2.12. The van der Waals surface area contributed by atoms with Crippen LogP contribution in [0.3, 0.4) is 0 Å². The number of halogens is 1. The van der Waals surface area contributed by atoms with E-state index in [1.807, 2.05) is 37.3 Å². The van der Waals surface area contributed by atoms with Crippen molar-refractivity contribution in [3.05, 3.63) is 35.9 Å². The van der Waals surface area contributed by atoms with Crippen LogP contribution in [0.2, 0.25) is 0 Å². The molecule has 0 aliphatic heterocycles. The molecular weight excluding hydrogens is 224 g/mol. The molecule has 1 amide bonds. The summed E-state index contributed by atoms with van der Waals surface area (Å²) >= 11 is 0. The fraction of sp³-hybridized carbons (Fsp3) is 0.417. The third kappa shape index (κ3) is 5.14. The monoisotopic (exact) mass is 242 g/mol. The van der Waals surface area contributed by atoms with Gasteiger partial charge in [-0.25, -0.2) is 0 Å². The Kier molecular flexibility index (Phi) is 7.60. The molecule has 0 aliphatic rings. The first kappa shape index (κ1) is 14.9. The molecule has 3 N–H and O–H groups in total. The Morgan fingerprint density at radius 2 is 2.00 bits per heavy atom. The van der Waals surface area contributed by atoms with Gasteiger partial charge in [0.1, 0.15) is 0 Å². The summed E-state index contributed by atoms with van der Waals surface area (Å²) in [4.78, 5) is 11.2. The molecule has 4 heteroatoms. The zero-order valence-corrected chi connectivity index (χ0v) is 10.3. The van der Waals surface area contributed by atoms with Crippen molar-refractivity contribution in [1.29, 1.82) is 0 Å². The van der Waals surface area contributed by atoms with Crippen LogP contribution >= 0.6 is 12.4 Å². The molecule has 0 aromatic heterocycles. The van der Waals surface area contributed by atoms with E-state index in [1.165, 1.54) is 0 Å². The fourth-order valence-corrected chi connectivity index (χ4v) is 1.36. The van der Waals surface area contributed by atoms with Gasteiger partial charge in [-0.2, -0.15) is 0 Å². The summed E-state index contributed by atoms with van der Waals surface area (Å²) in [6, 6.07) is 9.66. The van der Waals surface area contributed by atoms with Gasteiger partial charge in [-0.3, -0.25) is 4.79 Å². The summed E-state index contributed by atoms with van der Waals surface area (Å²) in [5, 5.41) is 2.82. The Balaban J connectivity index is 0.00000225. The summed E-state index contributed by atoms with van der Waals surface area (Å²) in [6.45, 7) is 2.49. The van der Waals surface area contributed by atoms with E-state index in [2.05, 4.69) is 5.32 Å². The summed E-state index contributed by atoms with van der Waals surface area (Å²) in [5.74, 6) is 0.0730. The number of nitrogens with one attached hydrogen (secondary N) is 1. The Labute approximate surface area is 103 Å². The zero-order valence-electron chi connectivity index (χ0n) is 9.48. The van der Waals surface area contributed by atoms with Gasteiger partial charge in [0.2, 0.25) is 5.91 Å². The van der Waals surface area contributed by atoms with Crippen LogP contribution in [0.25, 0.3) is 0 Å². The highest BCUT2D eigenvalue weighted by atomic mass is 35.5. The Hall–Kier alpha value is -1.06. The second-order valence-corrected chi connectivity index (χ2v) is 3.57. The van der Waals surface area contributed by atoms with Gasteiger partial charge in [0.25, 0.3) is 0 Å². The topological polar surface area (TPSA) is 55.1 Å². The van der Waals surface area contributed by atoms with Crippen molar-refractivity contribution in [1.82, 2.24) is 5.32 Å². The van der Waals surface area contributed by atoms with Crippen molar-refractivity contribution in [3.63, 3.8) is 0 Å². The van der Waals surface area contributed by atoms with Crippen molar-refractivity contribution in [3.8, 4) is 0 Å². The van der Waals surface area contributed by atoms with Crippen LogP contribution in [0, 0.1) is 0 Å². The van der Waals surface area contributed by atoms with E-state index in [0.717, 1.165) is 12.0 Å². The molecule has 90 valence electrons. The maximum absolute atomic E-state index is 11.2. The third-order valence-corrected chi connectivity index (χ3v) is 2.22. The minimum absolute atomic E-state index is 0. The first-order valence-electron chi connectivity index (χ1n) is 5.31. The molecule has 0 radical (unpaired) electrons. The van der Waals surface area contributed by atoms with Crippen molar-refractivity contribution >= 4 is 18.3 Å². The largest absolute Gasteiger partial charge is 0.354 e. The summed E-state index contributed by atoms with van der Waals surface area (Å²) in [7, 11) is 0. The predicted molar refractivity (Wildman–Crippen MR) is 68.5 cm³/mol. The number of rotatable bonds is 5. The molecule has 1 aromatic carbocycles. The van der Waals surface area contributed by atoms with Crippen molar-refractivity contribution < 1.29 is 4.79 Å². The Bertz CT molecular complexity index is 303. The molecule has 0 saturated heterocycles. The van der Waals surface area contributed by atoms with Crippen LogP contribution in [0.5, 0.6) is 0 Å². The lowest BCUT2D eigenvalue weighted by atomic mass is 10.1. The van der Waals surface area contributed by atoms with Gasteiger partial charge in [-0.05, 0) is 12.0 Å². The molecule has 0 aliphatic carbocycles. The van der Waals surface area contributed by atoms with Crippen LogP contribution in [-0.4, -0.2) is 12.5 Å². The number of nitrogens with two attached hydrogens (primary N) is 1. The van der Waals surface area contributed by atoms with E-state index in [1.54, 1.807) is 0 Å². The lowest BCUT2D eigenvalue weighted by molar-refractivity contribution is -0.121. The molecule has 0 bridgehead atoms. The van der Waals surface area contributed by atoms with E-state index >= 15 is 0 Å². The average molecular weight is 243 g/mol. The number of benzene rings is 1. The van der Waals surface area contributed by atoms with Gasteiger partial charge in [0.05, 0.1) is 0 Å². The summed E-state index contributed by atoms with van der Waals surface area (Å²) < 4.78 is 0. The number of hydrogen-bond acceptors (Lipinski definition) is 2. The Morgan fingerprint density at radius 1 is 1.38 bits per heavy atom. The first-order chi connectivity index (χ1) is 7.24. The van der Waals surface area contributed by atoms with E-state index in [0.29, 0.717) is 13.0 Å². The van der Waals surface area contributed by atoms with Crippen LogP contribution in [0.1, 0.15) is 31.4 Å². The molecule has 0 heterocycles. The van der Waals surface area contributed by atoms with Crippen LogP contribution < -0.4 is 11.1 Å². The molecule has 0 saturated carbocycles. The van der Waals surface area contributed by atoms with Gasteiger partial charge in [-0.15, -0.1) is 12.4 Å². The minimum atomic E-state index is -0.119. The van der Waals surface area contributed by atoms with Gasteiger partial charge in [-0.1, -0.05) is 37.3 Å². The molecule has 3 nitrogen and oxygen atoms in total. The number of carbonyl (C=O) groups is 1. The quantitative estimate of drug-likeness (QED) is 0.830. The van der Waals surface area contributed by atoms with E-state index in [-0.39, 0.29) is 24.4 Å². The van der Waals surface area contributed by atoms with Gasteiger partial charge < -0.3 is 11.1 Å². The van der Waals surface area contributed by atoms with Gasteiger partial charge in [0, 0.05) is 19.0 Å². The highest BCUT2D eigenvalue weighted by molar-refractivity contribution is 5.85. The van der Waals surface area contributed by atoms with Crippen LogP contribution in [0.4, 0.5) is 0 Å². The van der Waals surface area contributed by atoms with E-state index < -0.39 is 0 Å². The third-order valence-electron chi connectivity index (χ3n) is 2.22. The normalized spacial score (nSPS) is 11.4. The molecule has 0 spiro atoms. The molecule has 1 rings (SSSR count). The van der Waals surface area contributed by atoms with E-state index in [4.69, 9.17) is 5.73 Å². The standard InChI is InChI=1S/C12H18N2O.ClH/c1-2-6-12(15)14-9-11(13)10-7-4-3-5-8-10;/h3-5,7-8,11H,2,6,9,13H2,1H3,(H,14,15);1H. The molecule has 1 atom stereocenters. The molecule has 1 aromatic rings. The highest BCUT2D eigenvalue weighted by Crippen LogP contribution is 2.07. The predicted octanol–water partition coefficient (Wildman–Crippen LogP) is 2.02. The van der Waals surface area contributed by atoms with Crippen LogP contribution in [0.15, 0.2) is 30.3 Å². The molecule has 16 heavy (non-hydrogen) atoms. The molecule has 0 fully saturated rings.